The number of rotatable bonds is 1. The Morgan fingerprint density at radius 3 is 2.78 bits per heavy atom. The second kappa shape index (κ2) is 4.61. The van der Waals surface area contributed by atoms with Crippen molar-refractivity contribution < 1.29 is 9.53 Å². The van der Waals surface area contributed by atoms with Crippen molar-refractivity contribution in [1.82, 2.24) is 4.90 Å². The van der Waals surface area contributed by atoms with E-state index < -0.39 is 0 Å². The van der Waals surface area contributed by atoms with Crippen molar-refractivity contribution in [2.45, 2.75) is 13.0 Å². The molecule has 0 radical (unpaired) electrons. The molecule has 1 amide bonds. The molecule has 1 aromatic carbocycles. The highest BCUT2D eigenvalue weighted by atomic mass is 16.5. The number of carbonyl (C=O) groups is 1. The fraction of sp³-hybridized carbons (Fsp3) is 0.500. The number of morpholine rings is 1. The molecule has 2 saturated heterocycles. The van der Waals surface area contributed by atoms with Gasteiger partial charge < -0.3 is 14.5 Å². The van der Waals surface area contributed by atoms with Crippen LogP contribution in [-0.2, 0) is 9.53 Å². The number of carbonyl (C=O) groups excluding carboxylic acids is 1. The van der Waals surface area contributed by atoms with Gasteiger partial charge in [0.25, 0.3) is 0 Å². The Morgan fingerprint density at radius 1 is 1.22 bits per heavy atom. The van der Waals surface area contributed by atoms with Crippen molar-refractivity contribution in [3.05, 3.63) is 29.8 Å². The maximum atomic E-state index is 11.7. The molecule has 4 nitrogen and oxygen atoms in total. The Morgan fingerprint density at radius 2 is 2.00 bits per heavy atom. The Hall–Kier alpha value is -1.55. The molecule has 2 heterocycles. The summed E-state index contributed by atoms with van der Waals surface area (Å²) in [5, 5.41) is 0. The van der Waals surface area contributed by atoms with E-state index in [2.05, 4.69) is 36.1 Å². The zero-order chi connectivity index (χ0) is 12.5. The quantitative estimate of drug-likeness (QED) is 0.742. The number of hydrogen-bond acceptors (Lipinski definition) is 3. The van der Waals surface area contributed by atoms with Crippen LogP contribution in [0.1, 0.15) is 5.56 Å². The van der Waals surface area contributed by atoms with Gasteiger partial charge in [0.15, 0.2) is 0 Å². The van der Waals surface area contributed by atoms with Crippen LogP contribution < -0.4 is 4.90 Å². The number of piperazine rings is 1. The van der Waals surface area contributed by atoms with Gasteiger partial charge in [-0.3, -0.25) is 4.79 Å². The Balaban J connectivity index is 1.73. The number of benzene rings is 1. The van der Waals surface area contributed by atoms with E-state index >= 15 is 0 Å². The summed E-state index contributed by atoms with van der Waals surface area (Å²) in [5.74, 6) is 0.134. The summed E-state index contributed by atoms with van der Waals surface area (Å²) in [6.45, 7) is 5.59. The number of hydrogen-bond donors (Lipinski definition) is 0. The number of aryl methyl sites for hydroxylation is 1. The fourth-order valence-electron chi connectivity index (χ4n) is 2.68. The molecule has 0 spiro atoms. The summed E-state index contributed by atoms with van der Waals surface area (Å²) in [6.07, 6.45) is 0. The van der Waals surface area contributed by atoms with Crippen LogP contribution in [0.5, 0.6) is 0 Å². The van der Waals surface area contributed by atoms with Crippen LogP contribution in [0, 0.1) is 6.92 Å². The normalized spacial score (nSPS) is 24.1. The van der Waals surface area contributed by atoms with E-state index in [-0.39, 0.29) is 18.6 Å². The molecule has 96 valence electrons. The van der Waals surface area contributed by atoms with Crippen molar-refractivity contribution >= 4 is 11.6 Å². The minimum absolute atomic E-state index is 0.134. The third-order valence-corrected chi connectivity index (χ3v) is 3.74. The first-order chi connectivity index (χ1) is 8.74. The molecule has 2 aliphatic heterocycles. The minimum atomic E-state index is 0.134. The van der Waals surface area contributed by atoms with E-state index in [0.717, 1.165) is 19.6 Å². The van der Waals surface area contributed by atoms with E-state index in [4.69, 9.17) is 4.74 Å². The van der Waals surface area contributed by atoms with Gasteiger partial charge in [-0.15, -0.1) is 0 Å². The molecule has 0 bridgehead atoms. The molecule has 2 fully saturated rings. The molecule has 2 aliphatic rings. The first kappa shape index (κ1) is 11.5. The predicted molar refractivity (Wildman–Crippen MR) is 69.7 cm³/mol. The first-order valence-electron chi connectivity index (χ1n) is 6.43. The summed E-state index contributed by atoms with van der Waals surface area (Å²) in [5.41, 5.74) is 2.51. The van der Waals surface area contributed by atoms with Crippen molar-refractivity contribution in [3.63, 3.8) is 0 Å². The van der Waals surface area contributed by atoms with Crippen LogP contribution in [-0.4, -0.2) is 49.7 Å². The van der Waals surface area contributed by atoms with Gasteiger partial charge in [0.1, 0.15) is 6.61 Å². The number of amides is 1. The van der Waals surface area contributed by atoms with Crippen LogP contribution in [0.4, 0.5) is 5.69 Å². The van der Waals surface area contributed by atoms with Gasteiger partial charge in [-0.25, -0.2) is 0 Å². The molecule has 18 heavy (non-hydrogen) atoms. The lowest BCUT2D eigenvalue weighted by atomic mass is 10.1. The summed E-state index contributed by atoms with van der Waals surface area (Å²) in [4.78, 5) is 16.0. The minimum Gasteiger partial charge on any atom is -0.369 e. The van der Waals surface area contributed by atoms with Gasteiger partial charge in [0, 0.05) is 25.3 Å². The standard InChI is InChI=1S/C14H18N2O2/c1-11-2-4-12(5-3-11)15-6-7-16-13(8-15)9-18-10-14(16)17/h2-5,13H,6-10H2,1H3/t13-/m1/s1. The second-order valence-corrected chi connectivity index (χ2v) is 5.04. The molecule has 0 aliphatic carbocycles. The number of ether oxygens (including phenoxy) is 1. The molecule has 1 aromatic rings. The smallest absolute Gasteiger partial charge is 0.249 e. The average Bonchev–Trinajstić information content (AvgIpc) is 2.39. The van der Waals surface area contributed by atoms with Crippen molar-refractivity contribution in [3.8, 4) is 0 Å². The van der Waals surface area contributed by atoms with E-state index in [1.54, 1.807) is 0 Å². The van der Waals surface area contributed by atoms with Gasteiger partial charge in [-0.2, -0.15) is 0 Å². The van der Waals surface area contributed by atoms with Crippen molar-refractivity contribution in [2.75, 3.05) is 37.7 Å². The highest BCUT2D eigenvalue weighted by Gasteiger charge is 2.33. The molecule has 0 unspecified atom stereocenters. The maximum Gasteiger partial charge on any atom is 0.249 e. The Labute approximate surface area is 107 Å². The van der Waals surface area contributed by atoms with E-state index in [0.29, 0.717) is 6.61 Å². The lowest BCUT2D eigenvalue weighted by Gasteiger charge is -2.44. The van der Waals surface area contributed by atoms with Crippen LogP contribution in [0.25, 0.3) is 0 Å². The highest BCUT2D eigenvalue weighted by molar-refractivity contribution is 5.78. The first-order valence-corrected chi connectivity index (χ1v) is 6.43. The molecular weight excluding hydrogens is 228 g/mol. The second-order valence-electron chi connectivity index (χ2n) is 5.04. The largest absolute Gasteiger partial charge is 0.369 e. The maximum absolute atomic E-state index is 11.7. The number of anilines is 1. The molecule has 0 N–H and O–H groups in total. The monoisotopic (exact) mass is 246 g/mol. The molecule has 3 rings (SSSR count). The van der Waals surface area contributed by atoms with Crippen LogP contribution in [0.3, 0.4) is 0 Å². The molecule has 1 atom stereocenters. The van der Waals surface area contributed by atoms with Gasteiger partial charge in [0.2, 0.25) is 5.91 Å². The van der Waals surface area contributed by atoms with Crippen LogP contribution in [0.2, 0.25) is 0 Å². The van der Waals surface area contributed by atoms with Gasteiger partial charge in [-0.1, -0.05) is 17.7 Å². The Bertz CT molecular complexity index is 444. The van der Waals surface area contributed by atoms with E-state index in [1.165, 1.54) is 11.3 Å². The van der Waals surface area contributed by atoms with Gasteiger partial charge >= 0.3 is 0 Å². The molecular formula is C14H18N2O2. The lowest BCUT2D eigenvalue weighted by molar-refractivity contribution is -0.148. The summed E-state index contributed by atoms with van der Waals surface area (Å²) < 4.78 is 5.34. The van der Waals surface area contributed by atoms with Crippen LogP contribution in [0.15, 0.2) is 24.3 Å². The molecule has 0 aromatic heterocycles. The third-order valence-electron chi connectivity index (χ3n) is 3.74. The van der Waals surface area contributed by atoms with Gasteiger partial charge in [0.05, 0.1) is 12.6 Å². The zero-order valence-corrected chi connectivity index (χ0v) is 10.6. The Kier molecular flexibility index (Phi) is 2.96. The van der Waals surface area contributed by atoms with E-state index in [1.807, 2.05) is 4.90 Å². The zero-order valence-electron chi connectivity index (χ0n) is 10.6. The van der Waals surface area contributed by atoms with Gasteiger partial charge in [-0.05, 0) is 19.1 Å². The summed E-state index contributed by atoms with van der Waals surface area (Å²) >= 11 is 0. The van der Waals surface area contributed by atoms with Crippen LogP contribution >= 0.6 is 0 Å². The highest BCUT2D eigenvalue weighted by Crippen LogP contribution is 2.21. The third kappa shape index (κ3) is 2.08. The topological polar surface area (TPSA) is 32.8 Å². The van der Waals surface area contributed by atoms with Crippen molar-refractivity contribution in [2.24, 2.45) is 0 Å². The lowest BCUT2D eigenvalue weighted by Crippen LogP contribution is -2.60. The number of nitrogens with zero attached hydrogens (tertiary/aromatic N) is 2. The predicted octanol–water partition coefficient (Wildman–Crippen LogP) is 1.04. The fourth-order valence-corrected chi connectivity index (χ4v) is 2.68. The average molecular weight is 246 g/mol. The summed E-state index contributed by atoms with van der Waals surface area (Å²) in [7, 11) is 0. The summed E-state index contributed by atoms with van der Waals surface area (Å²) in [6, 6.07) is 8.77. The van der Waals surface area contributed by atoms with Crippen molar-refractivity contribution in [1.29, 1.82) is 0 Å². The van der Waals surface area contributed by atoms with E-state index in [9.17, 15) is 4.79 Å². The molecule has 0 saturated carbocycles. The SMILES string of the molecule is Cc1ccc(N2CCN3C(=O)COC[C@H]3C2)cc1. The molecule has 4 heteroatoms. The number of fused-ring (bicyclic) bond motifs is 1.